The van der Waals surface area contributed by atoms with Crippen LogP contribution in [0.4, 0.5) is 0 Å². The molecular formula is C16H17N3O4. The van der Waals surface area contributed by atoms with Crippen molar-refractivity contribution in [2.75, 3.05) is 0 Å². The molecule has 0 aliphatic carbocycles. The van der Waals surface area contributed by atoms with E-state index in [1.54, 1.807) is 0 Å². The number of aliphatic hydroxyl groups excluding tert-OH is 2. The molecule has 0 aliphatic rings. The van der Waals surface area contributed by atoms with Gasteiger partial charge in [-0.25, -0.2) is 15.0 Å². The van der Waals surface area contributed by atoms with Crippen molar-refractivity contribution in [1.29, 1.82) is 0 Å². The summed E-state index contributed by atoms with van der Waals surface area (Å²) in [7, 11) is 0. The van der Waals surface area contributed by atoms with E-state index in [0.717, 1.165) is 0 Å². The number of hydrogen-bond donors (Lipinski definition) is 4. The number of phenols is 2. The average Bonchev–Trinajstić information content (AvgIpc) is 2.47. The largest absolute Gasteiger partial charge is 0.512 e. The number of rotatable bonds is 4. The van der Waals surface area contributed by atoms with Gasteiger partial charge in [-0.3, -0.25) is 0 Å². The molecule has 0 bridgehead atoms. The van der Waals surface area contributed by atoms with Crippen molar-refractivity contribution in [2.45, 2.75) is 20.3 Å². The molecule has 2 rings (SSSR count). The second kappa shape index (κ2) is 6.78. The summed E-state index contributed by atoms with van der Waals surface area (Å²) < 4.78 is 0. The van der Waals surface area contributed by atoms with Crippen LogP contribution >= 0.6 is 0 Å². The molecule has 7 heteroatoms. The first-order chi connectivity index (χ1) is 10.9. The van der Waals surface area contributed by atoms with E-state index < -0.39 is 0 Å². The summed E-state index contributed by atoms with van der Waals surface area (Å²) in [5.74, 6) is 0.0183. The molecule has 1 aromatic heterocycles. The highest BCUT2D eigenvalue weighted by molar-refractivity contribution is 5.68. The molecule has 4 N–H and O–H groups in total. The molecule has 0 amide bonds. The fourth-order valence-corrected chi connectivity index (χ4v) is 2.02. The molecule has 0 atom stereocenters. The van der Waals surface area contributed by atoms with Crippen LogP contribution in [0.15, 0.2) is 42.1 Å². The Morgan fingerprint density at radius 1 is 1.17 bits per heavy atom. The van der Waals surface area contributed by atoms with Crippen LogP contribution in [0.3, 0.4) is 0 Å². The highest BCUT2D eigenvalue weighted by Gasteiger charge is 2.13. The number of phenolic OH excluding ortho intramolecular Hbond substituents is 2. The lowest BCUT2D eigenvalue weighted by molar-refractivity contribution is 0.394. The molecule has 0 spiro atoms. The van der Waals surface area contributed by atoms with Crippen molar-refractivity contribution in [3.63, 3.8) is 0 Å². The predicted octanol–water partition coefficient (Wildman–Crippen LogP) is 3.09. The molecule has 120 valence electrons. The Morgan fingerprint density at radius 2 is 1.91 bits per heavy atom. The Morgan fingerprint density at radius 3 is 2.52 bits per heavy atom. The van der Waals surface area contributed by atoms with Gasteiger partial charge in [0, 0.05) is 17.7 Å². The second-order valence-electron chi connectivity index (χ2n) is 4.84. The van der Waals surface area contributed by atoms with Gasteiger partial charge >= 0.3 is 0 Å². The summed E-state index contributed by atoms with van der Waals surface area (Å²) >= 11 is 0. The van der Waals surface area contributed by atoms with Crippen LogP contribution in [-0.2, 0) is 0 Å². The summed E-state index contributed by atoms with van der Waals surface area (Å²) in [4.78, 5) is 12.3. The van der Waals surface area contributed by atoms with Crippen LogP contribution in [0.5, 0.6) is 11.5 Å². The Kier molecular flexibility index (Phi) is 4.80. The van der Waals surface area contributed by atoms with E-state index in [0.29, 0.717) is 17.6 Å². The molecule has 7 nitrogen and oxygen atoms in total. The number of aromatic nitrogens is 3. The summed E-state index contributed by atoms with van der Waals surface area (Å²) in [5.41, 5.74) is 0.760. The Balaban J connectivity index is 2.53. The van der Waals surface area contributed by atoms with Crippen molar-refractivity contribution in [3.8, 4) is 22.9 Å². The SMILES string of the molecule is CC/C(=C(O)\C=C(/C)O)c1ncnc(-c2ccc(O)cc2O)n1. The Hall–Kier alpha value is -3.09. The van der Waals surface area contributed by atoms with Gasteiger partial charge in [0.05, 0.1) is 11.3 Å². The molecule has 0 aliphatic heterocycles. The van der Waals surface area contributed by atoms with Crippen molar-refractivity contribution in [3.05, 3.63) is 47.9 Å². The predicted molar refractivity (Wildman–Crippen MR) is 84.8 cm³/mol. The first-order valence-electron chi connectivity index (χ1n) is 6.93. The average molecular weight is 315 g/mol. The van der Waals surface area contributed by atoms with Crippen molar-refractivity contribution in [2.24, 2.45) is 0 Å². The van der Waals surface area contributed by atoms with Crippen molar-refractivity contribution >= 4 is 5.57 Å². The van der Waals surface area contributed by atoms with Crippen LogP contribution in [0, 0.1) is 0 Å². The minimum Gasteiger partial charge on any atom is -0.512 e. The van der Waals surface area contributed by atoms with Gasteiger partial charge in [0.1, 0.15) is 23.6 Å². The summed E-state index contributed by atoms with van der Waals surface area (Å²) in [6.07, 6.45) is 2.91. The smallest absolute Gasteiger partial charge is 0.167 e. The fourth-order valence-electron chi connectivity index (χ4n) is 2.02. The van der Waals surface area contributed by atoms with Crippen molar-refractivity contribution in [1.82, 2.24) is 15.0 Å². The zero-order valence-corrected chi connectivity index (χ0v) is 12.7. The molecule has 0 saturated carbocycles. The summed E-state index contributed by atoms with van der Waals surface area (Å²) in [6, 6.07) is 4.08. The third kappa shape index (κ3) is 3.76. The molecule has 0 saturated heterocycles. The van der Waals surface area contributed by atoms with E-state index >= 15 is 0 Å². The van der Waals surface area contributed by atoms with Crippen LogP contribution in [0.1, 0.15) is 26.1 Å². The zero-order chi connectivity index (χ0) is 17.0. The molecule has 0 radical (unpaired) electrons. The number of allylic oxidation sites excluding steroid dienone is 3. The first kappa shape index (κ1) is 16.3. The molecular weight excluding hydrogens is 298 g/mol. The van der Waals surface area contributed by atoms with E-state index in [9.17, 15) is 20.4 Å². The topological polar surface area (TPSA) is 120 Å². The normalized spacial score (nSPS) is 12.9. The van der Waals surface area contributed by atoms with Gasteiger partial charge in [-0.1, -0.05) is 6.92 Å². The Bertz CT molecular complexity index is 781. The van der Waals surface area contributed by atoms with Gasteiger partial charge in [-0.05, 0) is 25.5 Å². The summed E-state index contributed by atoms with van der Waals surface area (Å²) in [6.45, 7) is 3.25. The maximum absolute atomic E-state index is 10.0. The molecule has 2 aromatic rings. The highest BCUT2D eigenvalue weighted by Crippen LogP contribution is 2.30. The van der Waals surface area contributed by atoms with E-state index in [1.807, 2.05) is 6.92 Å². The van der Waals surface area contributed by atoms with Gasteiger partial charge < -0.3 is 20.4 Å². The highest BCUT2D eigenvalue weighted by atomic mass is 16.3. The lowest BCUT2D eigenvalue weighted by Gasteiger charge is -2.08. The standard InChI is InChI=1S/C16H17N3O4/c1-3-11(13(22)6-9(2)20)15-17-8-18-16(19-15)12-5-4-10(21)7-14(12)23/h4-8,20-23H,3H2,1-2H3/b9-6+,13-11-. The lowest BCUT2D eigenvalue weighted by Crippen LogP contribution is -2.00. The maximum Gasteiger partial charge on any atom is 0.167 e. The van der Waals surface area contributed by atoms with Crippen LogP contribution in [0.2, 0.25) is 0 Å². The monoisotopic (exact) mass is 315 g/mol. The van der Waals surface area contributed by atoms with E-state index in [1.165, 1.54) is 37.5 Å². The lowest BCUT2D eigenvalue weighted by atomic mass is 10.1. The first-order valence-corrected chi connectivity index (χ1v) is 6.93. The molecule has 1 heterocycles. The van der Waals surface area contributed by atoms with Gasteiger partial charge in [-0.2, -0.15) is 0 Å². The molecule has 0 unspecified atom stereocenters. The van der Waals surface area contributed by atoms with Gasteiger partial charge in [0.25, 0.3) is 0 Å². The Labute approximate surface area is 132 Å². The van der Waals surface area contributed by atoms with E-state index in [4.69, 9.17) is 0 Å². The fraction of sp³-hybridized carbons (Fsp3) is 0.188. The maximum atomic E-state index is 10.0. The van der Waals surface area contributed by atoms with Crippen LogP contribution in [0.25, 0.3) is 17.0 Å². The van der Waals surface area contributed by atoms with Gasteiger partial charge in [0.15, 0.2) is 11.6 Å². The number of hydrogen-bond acceptors (Lipinski definition) is 7. The zero-order valence-electron chi connectivity index (χ0n) is 12.7. The molecule has 23 heavy (non-hydrogen) atoms. The number of nitrogens with zero attached hydrogens (tertiary/aromatic N) is 3. The van der Waals surface area contributed by atoms with Crippen LogP contribution < -0.4 is 0 Å². The van der Waals surface area contributed by atoms with E-state index in [2.05, 4.69) is 15.0 Å². The number of aromatic hydroxyl groups is 2. The number of aliphatic hydroxyl groups is 2. The van der Waals surface area contributed by atoms with Gasteiger partial charge in [-0.15, -0.1) is 0 Å². The number of benzene rings is 1. The van der Waals surface area contributed by atoms with Crippen LogP contribution in [-0.4, -0.2) is 35.4 Å². The van der Waals surface area contributed by atoms with E-state index in [-0.39, 0.29) is 34.7 Å². The third-order valence-electron chi connectivity index (χ3n) is 3.07. The minimum absolute atomic E-state index is 0.0427. The van der Waals surface area contributed by atoms with Crippen molar-refractivity contribution < 1.29 is 20.4 Å². The summed E-state index contributed by atoms with van der Waals surface area (Å²) in [5, 5.41) is 38.5. The third-order valence-corrected chi connectivity index (χ3v) is 3.07. The molecule has 0 fully saturated rings. The second-order valence-corrected chi connectivity index (χ2v) is 4.84. The molecule has 1 aromatic carbocycles. The quantitative estimate of drug-likeness (QED) is 0.505. The van der Waals surface area contributed by atoms with Gasteiger partial charge in [0.2, 0.25) is 0 Å². The minimum atomic E-state index is -0.167.